The molecule has 2 rings (SSSR count). The van der Waals surface area contributed by atoms with Gasteiger partial charge in [-0.2, -0.15) is 0 Å². The van der Waals surface area contributed by atoms with Crippen LogP contribution >= 0.6 is 0 Å². The molecule has 0 fully saturated rings. The average Bonchev–Trinajstić information content (AvgIpc) is 2.96. The van der Waals surface area contributed by atoms with Gasteiger partial charge in [-0.05, 0) is 30.7 Å². The van der Waals surface area contributed by atoms with Crippen LogP contribution in [-0.4, -0.2) is 17.4 Å². The van der Waals surface area contributed by atoms with Crippen molar-refractivity contribution in [3.8, 4) is 0 Å². The number of nitrogens with zero attached hydrogens (tertiary/aromatic N) is 1. The summed E-state index contributed by atoms with van der Waals surface area (Å²) in [5.74, 6) is 1.17. The molecule has 2 aromatic heterocycles. The highest BCUT2D eigenvalue weighted by Gasteiger charge is 2.11. The van der Waals surface area contributed by atoms with Gasteiger partial charge in [-0.25, -0.2) is 4.98 Å². The molecule has 0 spiro atoms. The van der Waals surface area contributed by atoms with Crippen LogP contribution in [0.2, 0.25) is 0 Å². The quantitative estimate of drug-likeness (QED) is 0.836. The Kier molecular flexibility index (Phi) is 4.55. The van der Waals surface area contributed by atoms with E-state index in [0.717, 1.165) is 18.7 Å². The second-order valence-electron chi connectivity index (χ2n) is 4.09. The maximum atomic E-state index is 12.1. The molecule has 0 radical (unpaired) electrons. The van der Waals surface area contributed by atoms with E-state index in [0.29, 0.717) is 17.9 Å². The Bertz CT molecular complexity index is 523. The van der Waals surface area contributed by atoms with Crippen LogP contribution in [-0.2, 0) is 6.54 Å². The molecule has 2 heterocycles. The third-order valence-corrected chi connectivity index (χ3v) is 2.60. The van der Waals surface area contributed by atoms with Gasteiger partial charge in [0.2, 0.25) is 0 Å². The highest BCUT2D eigenvalue weighted by molar-refractivity contribution is 5.98. The molecule has 19 heavy (non-hydrogen) atoms. The number of nitrogens with one attached hydrogen (secondary N) is 2. The van der Waals surface area contributed by atoms with Crippen LogP contribution in [0.25, 0.3) is 0 Å². The van der Waals surface area contributed by atoms with Gasteiger partial charge in [0.1, 0.15) is 11.6 Å². The maximum absolute atomic E-state index is 12.1. The topological polar surface area (TPSA) is 67.2 Å². The molecule has 0 aliphatic heterocycles. The summed E-state index contributed by atoms with van der Waals surface area (Å²) >= 11 is 0. The summed E-state index contributed by atoms with van der Waals surface area (Å²) in [5, 5.41) is 5.95. The zero-order valence-electron chi connectivity index (χ0n) is 10.8. The SMILES string of the molecule is CCCNc1ncccc1C(=O)NCc1ccco1. The number of pyridine rings is 1. The van der Waals surface area contributed by atoms with Crippen molar-refractivity contribution in [2.24, 2.45) is 0 Å². The highest BCUT2D eigenvalue weighted by atomic mass is 16.3. The molecule has 5 nitrogen and oxygen atoms in total. The van der Waals surface area contributed by atoms with Gasteiger partial charge < -0.3 is 15.1 Å². The Morgan fingerprint density at radius 3 is 3.00 bits per heavy atom. The minimum atomic E-state index is -0.164. The molecule has 0 saturated heterocycles. The molecule has 0 atom stereocenters. The fraction of sp³-hybridized carbons (Fsp3) is 0.286. The first-order valence-electron chi connectivity index (χ1n) is 6.30. The van der Waals surface area contributed by atoms with Gasteiger partial charge in [0.25, 0.3) is 5.91 Å². The summed E-state index contributed by atoms with van der Waals surface area (Å²) in [7, 11) is 0. The van der Waals surface area contributed by atoms with Crippen molar-refractivity contribution < 1.29 is 9.21 Å². The summed E-state index contributed by atoms with van der Waals surface area (Å²) in [6, 6.07) is 7.11. The van der Waals surface area contributed by atoms with Crippen LogP contribution in [0.5, 0.6) is 0 Å². The molecule has 0 bridgehead atoms. The zero-order chi connectivity index (χ0) is 13.5. The number of amides is 1. The fourth-order valence-electron chi connectivity index (χ4n) is 1.65. The first kappa shape index (κ1) is 13.1. The van der Waals surface area contributed by atoms with E-state index in [1.54, 1.807) is 30.7 Å². The van der Waals surface area contributed by atoms with Gasteiger partial charge in [0.05, 0.1) is 18.4 Å². The first-order valence-corrected chi connectivity index (χ1v) is 6.30. The number of aromatic nitrogens is 1. The number of rotatable bonds is 6. The van der Waals surface area contributed by atoms with E-state index in [9.17, 15) is 4.79 Å². The van der Waals surface area contributed by atoms with Gasteiger partial charge in [-0.15, -0.1) is 0 Å². The van der Waals surface area contributed by atoms with Crippen molar-refractivity contribution in [3.05, 3.63) is 48.0 Å². The molecule has 2 aromatic rings. The van der Waals surface area contributed by atoms with Gasteiger partial charge in [-0.3, -0.25) is 4.79 Å². The Morgan fingerprint density at radius 2 is 2.26 bits per heavy atom. The lowest BCUT2D eigenvalue weighted by atomic mass is 10.2. The highest BCUT2D eigenvalue weighted by Crippen LogP contribution is 2.11. The van der Waals surface area contributed by atoms with Crippen LogP contribution < -0.4 is 10.6 Å². The second-order valence-corrected chi connectivity index (χ2v) is 4.09. The van der Waals surface area contributed by atoms with Gasteiger partial charge in [-0.1, -0.05) is 6.92 Å². The number of furan rings is 1. The Labute approximate surface area is 112 Å². The van der Waals surface area contributed by atoms with Crippen molar-refractivity contribution in [2.45, 2.75) is 19.9 Å². The third kappa shape index (κ3) is 3.58. The average molecular weight is 259 g/mol. The Morgan fingerprint density at radius 1 is 1.37 bits per heavy atom. The minimum absolute atomic E-state index is 0.164. The van der Waals surface area contributed by atoms with Gasteiger partial charge in [0.15, 0.2) is 0 Å². The van der Waals surface area contributed by atoms with E-state index in [1.807, 2.05) is 6.07 Å². The maximum Gasteiger partial charge on any atom is 0.255 e. The number of carbonyl (C=O) groups excluding carboxylic acids is 1. The number of anilines is 1. The smallest absolute Gasteiger partial charge is 0.255 e. The summed E-state index contributed by atoms with van der Waals surface area (Å²) in [4.78, 5) is 16.3. The number of hydrogen-bond donors (Lipinski definition) is 2. The summed E-state index contributed by atoms with van der Waals surface area (Å²) in [6.07, 6.45) is 4.23. The predicted molar refractivity (Wildman–Crippen MR) is 72.9 cm³/mol. The van der Waals surface area contributed by atoms with Gasteiger partial charge >= 0.3 is 0 Å². The molecule has 0 aliphatic carbocycles. The van der Waals surface area contributed by atoms with Crippen molar-refractivity contribution in [1.82, 2.24) is 10.3 Å². The lowest BCUT2D eigenvalue weighted by Crippen LogP contribution is -2.24. The lowest BCUT2D eigenvalue weighted by Gasteiger charge is -2.09. The largest absolute Gasteiger partial charge is 0.467 e. The van der Waals surface area contributed by atoms with Crippen molar-refractivity contribution in [2.75, 3.05) is 11.9 Å². The molecule has 0 aromatic carbocycles. The number of carbonyl (C=O) groups is 1. The van der Waals surface area contributed by atoms with Crippen LogP contribution in [0, 0.1) is 0 Å². The van der Waals surface area contributed by atoms with Crippen LogP contribution in [0.3, 0.4) is 0 Å². The van der Waals surface area contributed by atoms with Crippen molar-refractivity contribution in [3.63, 3.8) is 0 Å². The summed E-state index contributed by atoms with van der Waals surface area (Å²) in [6.45, 7) is 3.22. The van der Waals surface area contributed by atoms with E-state index in [2.05, 4.69) is 22.5 Å². The van der Waals surface area contributed by atoms with E-state index in [1.165, 1.54) is 0 Å². The fourth-order valence-corrected chi connectivity index (χ4v) is 1.65. The summed E-state index contributed by atoms with van der Waals surface area (Å²) in [5.41, 5.74) is 0.544. The van der Waals surface area contributed by atoms with E-state index in [4.69, 9.17) is 4.42 Å². The Balaban J connectivity index is 2.01. The monoisotopic (exact) mass is 259 g/mol. The lowest BCUT2D eigenvalue weighted by molar-refractivity contribution is 0.0948. The molecule has 0 saturated carbocycles. The Hall–Kier alpha value is -2.30. The molecule has 5 heteroatoms. The zero-order valence-corrected chi connectivity index (χ0v) is 10.8. The van der Waals surface area contributed by atoms with Crippen molar-refractivity contribution >= 4 is 11.7 Å². The van der Waals surface area contributed by atoms with Gasteiger partial charge in [0, 0.05) is 12.7 Å². The molecule has 0 unspecified atom stereocenters. The molecule has 100 valence electrons. The number of hydrogen-bond acceptors (Lipinski definition) is 4. The molecule has 2 N–H and O–H groups in total. The predicted octanol–water partition coefficient (Wildman–Crippen LogP) is 2.43. The molecular formula is C14H17N3O2. The first-order chi connectivity index (χ1) is 9.31. The molecule has 1 amide bonds. The normalized spacial score (nSPS) is 10.2. The molecular weight excluding hydrogens is 242 g/mol. The van der Waals surface area contributed by atoms with E-state index in [-0.39, 0.29) is 5.91 Å². The minimum Gasteiger partial charge on any atom is -0.467 e. The van der Waals surface area contributed by atoms with E-state index < -0.39 is 0 Å². The second kappa shape index (κ2) is 6.58. The standard InChI is InChI=1S/C14H17N3O2/c1-2-7-15-13-12(6-3-8-16-13)14(18)17-10-11-5-4-9-19-11/h3-6,8-9H,2,7,10H2,1H3,(H,15,16)(H,17,18). The van der Waals surface area contributed by atoms with Crippen LogP contribution in [0.4, 0.5) is 5.82 Å². The van der Waals surface area contributed by atoms with Crippen molar-refractivity contribution in [1.29, 1.82) is 0 Å². The third-order valence-electron chi connectivity index (χ3n) is 2.60. The van der Waals surface area contributed by atoms with Crippen LogP contribution in [0.15, 0.2) is 41.1 Å². The van der Waals surface area contributed by atoms with E-state index >= 15 is 0 Å². The summed E-state index contributed by atoms with van der Waals surface area (Å²) < 4.78 is 5.17. The van der Waals surface area contributed by atoms with Crippen LogP contribution in [0.1, 0.15) is 29.5 Å². The molecule has 0 aliphatic rings.